The summed E-state index contributed by atoms with van der Waals surface area (Å²) in [6.45, 7) is 0.725. The Labute approximate surface area is 156 Å². The Morgan fingerprint density at radius 3 is 2.93 bits per heavy atom. The summed E-state index contributed by atoms with van der Waals surface area (Å²) in [7, 11) is 1.80. The molecule has 2 atom stereocenters. The van der Waals surface area contributed by atoms with Crippen molar-refractivity contribution in [1.82, 2.24) is 20.5 Å². The van der Waals surface area contributed by atoms with Gasteiger partial charge in [-0.05, 0) is 18.4 Å². The first-order valence-corrected chi connectivity index (χ1v) is 9.00. The first-order chi connectivity index (χ1) is 13.2. The third-order valence-corrected chi connectivity index (χ3v) is 4.71. The molecule has 4 N–H and O–H groups in total. The largest absolute Gasteiger partial charge is 0.376 e. The van der Waals surface area contributed by atoms with E-state index in [0.717, 1.165) is 41.7 Å². The number of hydrogen-bond donors (Lipinski definition) is 4. The quantitative estimate of drug-likeness (QED) is 0.556. The van der Waals surface area contributed by atoms with Gasteiger partial charge < -0.3 is 15.4 Å². The van der Waals surface area contributed by atoms with Gasteiger partial charge in [-0.2, -0.15) is 5.10 Å². The molecule has 140 valence electrons. The molecule has 8 heteroatoms. The highest BCUT2D eigenvalue weighted by Gasteiger charge is 2.28. The van der Waals surface area contributed by atoms with Crippen LogP contribution in [0.5, 0.6) is 0 Å². The molecule has 0 unspecified atom stereocenters. The summed E-state index contributed by atoms with van der Waals surface area (Å²) in [5.41, 5.74) is 1.82. The SMILES string of the molecule is CNc1n[nH]c2cc(NC(=O)N[C@H](c3ccccc3)[C@@H]3CCCO3)ncc12. The van der Waals surface area contributed by atoms with Gasteiger partial charge in [-0.3, -0.25) is 10.4 Å². The number of hydrogen-bond acceptors (Lipinski definition) is 5. The number of benzene rings is 1. The van der Waals surface area contributed by atoms with Gasteiger partial charge in [0, 0.05) is 25.9 Å². The Morgan fingerprint density at radius 2 is 2.19 bits per heavy atom. The standard InChI is InChI=1S/C19H22N6O2/c1-20-18-13-11-21-16(10-14(13)24-25-18)22-19(26)23-17(15-8-5-9-27-15)12-6-3-2-4-7-12/h2-4,6-7,10-11,15,17H,5,8-9H2,1H3,(H2,20,24,25)(H2,21,22,23,26)/t15-,17+/m0/s1. The summed E-state index contributed by atoms with van der Waals surface area (Å²) in [5.74, 6) is 1.17. The van der Waals surface area contributed by atoms with Crippen molar-refractivity contribution in [2.45, 2.75) is 25.0 Å². The van der Waals surface area contributed by atoms with Crippen molar-refractivity contribution in [1.29, 1.82) is 0 Å². The van der Waals surface area contributed by atoms with Crippen molar-refractivity contribution in [3.8, 4) is 0 Å². The molecule has 1 aliphatic heterocycles. The number of rotatable bonds is 5. The maximum atomic E-state index is 12.6. The number of carbonyl (C=O) groups excluding carboxylic acids is 1. The number of pyridine rings is 1. The van der Waals surface area contributed by atoms with Crippen LogP contribution in [-0.4, -0.2) is 41.0 Å². The molecular weight excluding hydrogens is 344 g/mol. The Bertz CT molecular complexity index is 920. The molecule has 0 spiro atoms. The second-order valence-corrected chi connectivity index (χ2v) is 6.48. The van der Waals surface area contributed by atoms with Crippen molar-refractivity contribution in [2.75, 3.05) is 24.3 Å². The second-order valence-electron chi connectivity index (χ2n) is 6.48. The molecule has 3 heterocycles. The van der Waals surface area contributed by atoms with E-state index in [4.69, 9.17) is 4.74 Å². The highest BCUT2D eigenvalue weighted by atomic mass is 16.5. The topological polar surface area (TPSA) is 104 Å². The maximum Gasteiger partial charge on any atom is 0.320 e. The van der Waals surface area contributed by atoms with Crippen molar-refractivity contribution in [3.63, 3.8) is 0 Å². The number of urea groups is 1. The lowest BCUT2D eigenvalue weighted by Crippen LogP contribution is -2.38. The number of aromatic amines is 1. The number of ether oxygens (including phenoxy) is 1. The van der Waals surface area contributed by atoms with Crippen LogP contribution >= 0.6 is 0 Å². The van der Waals surface area contributed by atoms with Gasteiger partial charge in [-0.15, -0.1) is 0 Å². The van der Waals surface area contributed by atoms with Gasteiger partial charge in [0.15, 0.2) is 5.82 Å². The van der Waals surface area contributed by atoms with Crippen LogP contribution in [0.4, 0.5) is 16.4 Å². The van der Waals surface area contributed by atoms with Crippen LogP contribution < -0.4 is 16.0 Å². The van der Waals surface area contributed by atoms with E-state index in [1.54, 1.807) is 19.3 Å². The average Bonchev–Trinajstić information content (AvgIpc) is 3.36. The fraction of sp³-hybridized carbons (Fsp3) is 0.316. The molecule has 2 amide bonds. The van der Waals surface area contributed by atoms with Crippen molar-refractivity contribution in [3.05, 3.63) is 48.2 Å². The third-order valence-electron chi connectivity index (χ3n) is 4.71. The van der Waals surface area contributed by atoms with Gasteiger partial charge in [0.1, 0.15) is 5.82 Å². The van der Waals surface area contributed by atoms with Crippen LogP contribution in [0, 0.1) is 0 Å². The molecule has 2 aromatic heterocycles. The first kappa shape index (κ1) is 17.3. The van der Waals surface area contributed by atoms with Gasteiger partial charge in [-0.1, -0.05) is 30.3 Å². The predicted octanol–water partition coefficient (Wildman–Crippen LogP) is 3.04. The zero-order valence-corrected chi connectivity index (χ0v) is 15.0. The number of fused-ring (bicyclic) bond motifs is 1. The zero-order valence-electron chi connectivity index (χ0n) is 15.0. The summed E-state index contributed by atoms with van der Waals surface area (Å²) in [6, 6.07) is 11.1. The molecule has 27 heavy (non-hydrogen) atoms. The monoisotopic (exact) mass is 366 g/mol. The van der Waals surface area contributed by atoms with Gasteiger partial charge in [0.25, 0.3) is 0 Å². The van der Waals surface area contributed by atoms with Crippen molar-refractivity contribution < 1.29 is 9.53 Å². The van der Waals surface area contributed by atoms with Crippen LogP contribution in [0.1, 0.15) is 24.4 Å². The van der Waals surface area contributed by atoms with Gasteiger partial charge in [0.05, 0.1) is 23.0 Å². The zero-order chi connectivity index (χ0) is 18.6. The van der Waals surface area contributed by atoms with E-state index >= 15 is 0 Å². The number of aromatic nitrogens is 3. The smallest absolute Gasteiger partial charge is 0.320 e. The minimum atomic E-state index is -0.320. The van der Waals surface area contributed by atoms with Gasteiger partial charge >= 0.3 is 6.03 Å². The average molecular weight is 366 g/mol. The third kappa shape index (κ3) is 3.70. The summed E-state index contributed by atoms with van der Waals surface area (Å²) in [4.78, 5) is 16.9. The molecular formula is C19H22N6O2. The maximum absolute atomic E-state index is 12.6. The molecule has 0 bridgehead atoms. The normalized spacial score (nSPS) is 17.6. The minimum absolute atomic E-state index is 0.0283. The van der Waals surface area contributed by atoms with E-state index in [9.17, 15) is 4.79 Å². The molecule has 8 nitrogen and oxygen atoms in total. The molecule has 1 fully saturated rings. The number of amides is 2. The summed E-state index contributed by atoms with van der Waals surface area (Å²) >= 11 is 0. The Morgan fingerprint density at radius 1 is 1.33 bits per heavy atom. The summed E-state index contributed by atoms with van der Waals surface area (Å²) < 4.78 is 5.82. The summed E-state index contributed by atoms with van der Waals surface area (Å²) in [6.07, 6.45) is 3.57. The van der Waals surface area contributed by atoms with E-state index in [0.29, 0.717) is 5.82 Å². The lowest BCUT2D eigenvalue weighted by atomic mass is 9.99. The van der Waals surface area contributed by atoms with Gasteiger partial charge in [-0.25, -0.2) is 9.78 Å². The van der Waals surface area contributed by atoms with E-state index in [1.807, 2.05) is 30.3 Å². The van der Waals surface area contributed by atoms with E-state index in [2.05, 4.69) is 31.1 Å². The van der Waals surface area contributed by atoms with Crippen molar-refractivity contribution >= 4 is 28.6 Å². The molecule has 1 aromatic carbocycles. The van der Waals surface area contributed by atoms with Crippen LogP contribution in [0.15, 0.2) is 42.6 Å². The van der Waals surface area contributed by atoms with Crippen LogP contribution in [-0.2, 0) is 4.74 Å². The van der Waals surface area contributed by atoms with Crippen LogP contribution in [0.25, 0.3) is 10.9 Å². The number of nitrogens with one attached hydrogen (secondary N) is 4. The number of carbonyl (C=O) groups is 1. The molecule has 0 radical (unpaired) electrons. The molecule has 4 rings (SSSR count). The number of anilines is 2. The fourth-order valence-electron chi connectivity index (χ4n) is 3.38. The predicted molar refractivity (Wildman–Crippen MR) is 104 cm³/mol. The highest BCUT2D eigenvalue weighted by molar-refractivity contribution is 5.94. The molecule has 0 saturated carbocycles. The molecule has 3 aromatic rings. The minimum Gasteiger partial charge on any atom is -0.376 e. The van der Waals surface area contributed by atoms with Crippen LogP contribution in [0.3, 0.4) is 0 Å². The highest BCUT2D eigenvalue weighted by Crippen LogP contribution is 2.27. The summed E-state index contributed by atoms with van der Waals surface area (Å²) in [5, 5.41) is 16.8. The number of nitrogens with zero attached hydrogens (tertiary/aromatic N) is 2. The van der Waals surface area contributed by atoms with Crippen molar-refractivity contribution in [2.24, 2.45) is 0 Å². The Kier molecular flexibility index (Phi) is 4.88. The lowest BCUT2D eigenvalue weighted by Gasteiger charge is -2.24. The number of H-pyrrole nitrogens is 1. The van der Waals surface area contributed by atoms with Gasteiger partial charge in [0.2, 0.25) is 0 Å². The first-order valence-electron chi connectivity index (χ1n) is 9.00. The lowest BCUT2D eigenvalue weighted by molar-refractivity contribution is 0.0815. The van der Waals surface area contributed by atoms with E-state index in [-0.39, 0.29) is 18.2 Å². The molecule has 1 saturated heterocycles. The fourth-order valence-corrected chi connectivity index (χ4v) is 3.38. The van der Waals surface area contributed by atoms with E-state index < -0.39 is 0 Å². The van der Waals surface area contributed by atoms with Crippen LogP contribution in [0.2, 0.25) is 0 Å². The molecule has 1 aliphatic rings. The Balaban J connectivity index is 1.49. The van der Waals surface area contributed by atoms with E-state index in [1.165, 1.54) is 0 Å². The molecule has 0 aliphatic carbocycles. The Hall–Kier alpha value is -3.13. The second kappa shape index (κ2) is 7.63.